The van der Waals surface area contributed by atoms with Crippen molar-refractivity contribution in [1.29, 1.82) is 0 Å². The topological polar surface area (TPSA) is 82.3 Å². The molecule has 6 nitrogen and oxygen atoms in total. The van der Waals surface area contributed by atoms with Crippen LogP contribution in [-0.4, -0.2) is 35.7 Å². The van der Waals surface area contributed by atoms with E-state index in [4.69, 9.17) is 0 Å². The molecule has 4 unspecified atom stereocenters. The quantitative estimate of drug-likeness (QED) is 0.602. The maximum Gasteiger partial charge on any atom is 0.150 e. The first-order valence-corrected chi connectivity index (χ1v) is 8.06. The van der Waals surface area contributed by atoms with Gasteiger partial charge >= 0.3 is 0 Å². The predicted octanol–water partition coefficient (Wildman–Crippen LogP) is 0.831. The van der Waals surface area contributed by atoms with Crippen LogP contribution in [0.1, 0.15) is 59.8 Å². The van der Waals surface area contributed by atoms with E-state index in [1.807, 2.05) is 6.92 Å². The SMILES string of the molecule is CCC(=O)C1CC(CC)NN1.CCC1CC(C(C)=O)NN1. The van der Waals surface area contributed by atoms with Gasteiger partial charge in [-0.1, -0.05) is 20.8 Å². The number of Topliss-reactive ketones (excluding diaryl/α,β-unsaturated/α-hetero) is 2. The van der Waals surface area contributed by atoms with E-state index < -0.39 is 0 Å². The van der Waals surface area contributed by atoms with Crippen LogP contribution in [0.5, 0.6) is 0 Å². The van der Waals surface area contributed by atoms with Crippen LogP contribution in [0.25, 0.3) is 0 Å². The Morgan fingerprint density at radius 3 is 1.67 bits per heavy atom. The van der Waals surface area contributed by atoms with Gasteiger partial charge in [-0.2, -0.15) is 0 Å². The third-order valence-corrected chi connectivity index (χ3v) is 4.18. The highest BCUT2D eigenvalue weighted by Gasteiger charge is 2.26. The van der Waals surface area contributed by atoms with Crippen LogP contribution < -0.4 is 21.7 Å². The van der Waals surface area contributed by atoms with Gasteiger partial charge in [0.05, 0.1) is 12.1 Å². The van der Waals surface area contributed by atoms with Crippen molar-refractivity contribution in [3.63, 3.8) is 0 Å². The van der Waals surface area contributed by atoms with Crippen LogP contribution in [0.4, 0.5) is 0 Å². The molecule has 2 rings (SSSR count). The van der Waals surface area contributed by atoms with Crippen molar-refractivity contribution in [3.8, 4) is 0 Å². The Balaban J connectivity index is 0.000000211. The lowest BCUT2D eigenvalue weighted by atomic mass is 10.0. The predicted molar refractivity (Wildman–Crippen MR) is 83.5 cm³/mol. The number of hydrogen-bond donors (Lipinski definition) is 4. The molecular formula is C15H30N4O2. The van der Waals surface area contributed by atoms with Crippen LogP contribution in [0.2, 0.25) is 0 Å². The summed E-state index contributed by atoms with van der Waals surface area (Å²) in [6.07, 6.45) is 4.68. The zero-order chi connectivity index (χ0) is 15.8. The van der Waals surface area contributed by atoms with Crippen molar-refractivity contribution < 1.29 is 9.59 Å². The molecule has 0 aliphatic carbocycles. The van der Waals surface area contributed by atoms with Gasteiger partial charge in [0.15, 0.2) is 5.78 Å². The van der Waals surface area contributed by atoms with Gasteiger partial charge < -0.3 is 0 Å². The minimum absolute atomic E-state index is 0.0462. The molecule has 2 heterocycles. The van der Waals surface area contributed by atoms with E-state index in [2.05, 4.69) is 35.6 Å². The molecule has 0 saturated carbocycles. The Kier molecular flexibility index (Phi) is 8.03. The average Bonchev–Trinajstić information content (AvgIpc) is 3.15. The molecule has 0 amide bonds. The standard InChI is InChI=1S/C8H16N2O.C7H14N2O/c1-3-6-5-7(10-9-6)8(11)4-2;1-3-6-4-7(5(2)10)9-8-6/h6-7,9-10H,3-5H2,1-2H3;6-9H,3-4H2,1-2H3. The molecule has 2 aliphatic heterocycles. The van der Waals surface area contributed by atoms with E-state index in [9.17, 15) is 9.59 Å². The molecular weight excluding hydrogens is 268 g/mol. The molecule has 0 radical (unpaired) electrons. The minimum Gasteiger partial charge on any atom is -0.298 e. The second-order valence-corrected chi connectivity index (χ2v) is 5.79. The van der Waals surface area contributed by atoms with E-state index in [0.717, 1.165) is 25.7 Å². The van der Waals surface area contributed by atoms with Gasteiger partial charge in [-0.05, 0) is 32.6 Å². The largest absolute Gasteiger partial charge is 0.298 e. The Morgan fingerprint density at radius 1 is 0.857 bits per heavy atom. The molecule has 0 spiro atoms. The Labute approximate surface area is 127 Å². The maximum atomic E-state index is 11.2. The summed E-state index contributed by atoms with van der Waals surface area (Å²) in [6, 6.07) is 1.07. The minimum atomic E-state index is 0.0462. The number of carbonyl (C=O) groups excluding carboxylic acids is 2. The lowest BCUT2D eigenvalue weighted by Crippen LogP contribution is -2.36. The van der Waals surface area contributed by atoms with Crippen LogP contribution in [0.15, 0.2) is 0 Å². The molecule has 122 valence electrons. The Morgan fingerprint density at radius 2 is 1.33 bits per heavy atom. The Hall–Kier alpha value is -0.820. The van der Waals surface area contributed by atoms with Crippen molar-refractivity contribution >= 4 is 11.6 Å². The van der Waals surface area contributed by atoms with Crippen LogP contribution >= 0.6 is 0 Å². The molecule has 0 aromatic heterocycles. The first-order valence-electron chi connectivity index (χ1n) is 8.06. The summed E-state index contributed by atoms with van der Waals surface area (Å²) >= 11 is 0. The van der Waals surface area contributed by atoms with Crippen LogP contribution in [-0.2, 0) is 9.59 Å². The molecule has 0 aromatic rings. The average molecular weight is 298 g/mol. The second-order valence-electron chi connectivity index (χ2n) is 5.79. The smallest absolute Gasteiger partial charge is 0.150 e. The highest BCUT2D eigenvalue weighted by Crippen LogP contribution is 2.09. The molecule has 0 bridgehead atoms. The number of hydrogen-bond acceptors (Lipinski definition) is 6. The van der Waals surface area contributed by atoms with E-state index in [-0.39, 0.29) is 17.9 Å². The monoisotopic (exact) mass is 298 g/mol. The molecule has 2 fully saturated rings. The summed E-state index contributed by atoms with van der Waals surface area (Å²) in [5, 5.41) is 0. The third-order valence-electron chi connectivity index (χ3n) is 4.18. The molecule has 4 atom stereocenters. The number of rotatable bonds is 5. The van der Waals surface area contributed by atoms with Crippen molar-refractivity contribution in [2.45, 2.75) is 84.0 Å². The summed E-state index contributed by atoms with van der Waals surface area (Å²) in [5.41, 5.74) is 12.1. The molecule has 2 aliphatic rings. The summed E-state index contributed by atoms with van der Waals surface area (Å²) in [6.45, 7) is 7.76. The van der Waals surface area contributed by atoms with Gasteiger partial charge in [0.1, 0.15) is 5.78 Å². The third kappa shape index (κ3) is 5.82. The molecule has 6 heteroatoms. The zero-order valence-corrected chi connectivity index (χ0v) is 13.7. The lowest BCUT2D eigenvalue weighted by molar-refractivity contribution is -0.120. The van der Waals surface area contributed by atoms with Gasteiger partial charge in [0.25, 0.3) is 0 Å². The van der Waals surface area contributed by atoms with Crippen molar-refractivity contribution in [2.24, 2.45) is 0 Å². The van der Waals surface area contributed by atoms with Crippen LogP contribution in [0.3, 0.4) is 0 Å². The molecule has 21 heavy (non-hydrogen) atoms. The number of nitrogens with one attached hydrogen (secondary N) is 4. The highest BCUT2D eigenvalue weighted by atomic mass is 16.1. The van der Waals surface area contributed by atoms with E-state index >= 15 is 0 Å². The summed E-state index contributed by atoms with van der Waals surface area (Å²) in [7, 11) is 0. The van der Waals surface area contributed by atoms with Gasteiger partial charge in [-0.15, -0.1) is 0 Å². The summed E-state index contributed by atoms with van der Waals surface area (Å²) in [5.74, 6) is 0.539. The maximum absolute atomic E-state index is 11.2. The number of carbonyl (C=O) groups is 2. The second kappa shape index (κ2) is 9.25. The molecule has 2 saturated heterocycles. The fourth-order valence-corrected chi connectivity index (χ4v) is 2.51. The highest BCUT2D eigenvalue weighted by molar-refractivity contribution is 5.84. The first kappa shape index (κ1) is 18.2. The van der Waals surface area contributed by atoms with Gasteiger partial charge in [-0.25, -0.2) is 10.9 Å². The van der Waals surface area contributed by atoms with Gasteiger partial charge in [0, 0.05) is 18.5 Å². The van der Waals surface area contributed by atoms with Crippen molar-refractivity contribution in [3.05, 3.63) is 0 Å². The van der Waals surface area contributed by atoms with Crippen molar-refractivity contribution in [2.75, 3.05) is 0 Å². The van der Waals surface area contributed by atoms with E-state index in [1.165, 1.54) is 0 Å². The normalized spacial score (nSPS) is 31.6. The number of hydrazine groups is 2. The van der Waals surface area contributed by atoms with Gasteiger partial charge in [-0.3, -0.25) is 20.4 Å². The Bertz CT molecular complexity index is 349. The number of ketones is 2. The fourth-order valence-electron chi connectivity index (χ4n) is 2.51. The zero-order valence-electron chi connectivity index (χ0n) is 13.7. The molecule has 4 N–H and O–H groups in total. The lowest BCUT2D eigenvalue weighted by Gasteiger charge is -2.04. The summed E-state index contributed by atoms with van der Waals surface area (Å²) in [4.78, 5) is 22.0. The van der Waals surface area contributed by atoms with Crippen molar-refractivity contribution in [1.82, 2.24) is 21.7 Å². The first-order chi connectivity index (χ1) is 10.0. The van der Waals surface area contributed by atoms with Gasteiger partial charge in [0.2, 0.25) is 0 Å². The fraction of sp³-hybridized carbons (Fsp3) is 0.867. The summed E-state index contributed by atoms with van der Waals surface area (Å²) < 4.78 is 0. The van der Waals surface area contributed by atoms with Crippen LogP contribution in [0, 0.1) is 0 Å². The molecule has 0 aromatic carbocycles. The van der Waals surface area contributed by atoms with E-state index in [1.54, 1.807) is 6.92 Å². The van der Waals surface area contributed by atoms with E-state index in [0.29, 0.717) is 24.3 Å².